The minimum atomic E-state index is 0.270. The predicted molar refractivity (Wildman–Crippen MR) is 80.4 cm³/mol. The number of fused-ring (bicyclic) bond motifs is 1. The van der Waals surface area contributed by atoms with Crippen LogP contribution >= 0.6 is 0 Å². The smallest absolute Gasteiger partial charge is 0.130 e. The Labute approximate surface area is 122 Å². The molecule has 4 rings (SSSR count). The van der Waals surface area contributed by atoms with Crippen molar-refractivity contribution < 1.29 is 9.84 Å². The van der Waals surface area contributed by atoms with E-state index in [1.54, 1.807) is 12.1 Å². The lowest BCUT2D eigenvalue weighted by molar-refractivity contribution is 0.295. The number of aromatic nitrogens is 2. The third-order valence-corrected chi connectivity index (χ3v) is 3.87. The van der Waals surface area contributed by atoms with Gasteiger partial charge in [0.05, 0.1) is 18.2 Å². The summed E-state index contributed by atoms with van der Waals surface area (Å²) in [5, 5.41) is 11.6. The summed E-state index contributed by atoms with van der Waals surface area (Å²) in [6, 6.07) is 11.9. The highest BCUT2D eigenvalue weighted by Crippen LogP contribution is 2.35. The van der Waals surface area contributed by atoms with Crippen LogP contribution in [0.3, 0.4) is 0 Å². The molecule has 1 heterocycles. The molecule has 106 valence electrons. The van der Waals surface area contributed by atoms with Gasteiger partial charge in [0, 0.05) is 6.04 Å². The average molecular weight is 280 g/mol. The normalized spacial score (nSPS) is 14.5. The van der Waals surface area contributed by atoms with Crippen LogP contribution in [0, 0.1) is 0 Å². The molecule has 1 aliphatic carbocycles. The van der Waals surface area contributed by atoms with Gasteiger partial charge in [-0.2, -0.15) is 0 Å². The van der Waals surface area contributed by atoms with Gasteiger partial charge in [0.25, 0.3) is 0 Å². The SMILES string of the molecule is Oc1ccc2ccc(OCc3cncn3C3CC3)cc2c1. The summed E-state index contributed by atoms with van der Waals surface area (Å²) in [7, 11) is 0. The highest BCUT2D eigenvalue weighted by Gasteiger charge is 2.25. The number of hydrogen-bond donors (Lipinski definition) is 1. The first kappa shape index (κ1) is 12.3. The maximum Gasteiger partial charge on any atom is 0.130 e. The summed E-state index contributed by atoms with van der Waals surface area (Å²) in [4.78, 5) is 4.21. The van der Waals surface area contributed by atoms with E-state index in [0.717, 1.165) is 22.2 Å². The Bertz CT molecular complexity index is 790. The zero-order valence-electron chi connectivity index (χ0n) is 11.6. The molecule has 1 saturated carbocycles. The molecule has 0 spiro atoms. The number of nitrogens with zero attached hydrogens (tertiary/aromatic N) is 2. The van der Waals surface area contributed by atoms with Crippen LogP contribution in [-0.4, -0.2) is 14.7 Å². The fraction of sp³-hybridized carbons (Fsp3) is 0.235. The van der Waals surface area contributed by atoms with Gasteiger partial charge in [-0.05, 0) is 47.9 Å². The Hall–Kier alpha value is -2.49. The van der Waals surface area contributed by atoms with Crippen LogP contribution in [0.15, 0.2) is 48.9 Å². The maximum atomic E-state index is 9.55. The van der Waals surface area contributed by atoms with Crippen LogP contribution in [0.2, 0.25) is 0 Å². The number of benzene rings is 2. The van der Waals surface area contributed by atoms with Crippen LogP contribution in [0.1, 0.15) is 24.6 Å². The fourth-order valence-electron chi connectivity index (χ4n) is 2.58. The molecule has 0 unspecified atom stereocenters. The summed E-state index contributed by atoms with van der Waals surface area (Å²) in [5.74, 6) is 1.07. The number of phenols is 1. The van der Waals surface area contributed by atoms with Crippen LogP contribution < -0.4 is 4.74 Å². The first-order valence-corrected chi connectivity index (χ1v) is 7.16. The van der Waals surface area contributed by atoms with Crippen molar-refractivity contribution in [3.05, 3.63) is 54.6 Å². The molecule has 3 aromatic rings. The lowest BCUT2D eigenvalue weighted by atomic mass is 10.1. The second-order valence-electron chi connectivity index (χ2n) is 5.51. The molecular formula is C17H16N2O2. The van der Waals surface area contributed by atoms with Crippen LogP contribution in [0.4, 0.5) is 0 Å². The van der Waals surface area contributed by atoms with Crippen molar-refractivity contribution in [2.75, 3.05) is 0 Å². The Morgan fingerprint density at radius 2 is 2.00 bits per heavy atom. The summed E-state index contributed by atoms with van der Waals surface area (Å²) in [6.45, 7) is 0.515. The van der Waals surface area contributed by atoms with Crippen molar-refractivity contribution in [1.82, 2.24) is 9.55 Å². The van der Waals surface area contributed by atoms with E-state index in [2.05, 4.69) is 9.55 Å². The summed E-state index contributed by atoms with van der Waals surface area (Å²) in [6.07, 6.45) is 6.22. The average Bonchev–Trinajstić information content (AvgIpc) is 3.23. The number of aromatic hydroxyl groups is 1. The predicted octanol–water partition coefficient (Wildman–Crippen LogP) is 3.66. The zero-order chi connectivity index (χ0) is 14.2. The van der Waals surface area contributed by atoms with Crippen molar-refractivity contribution >= 4 is 10.8 Å². The van der Waals surface area contributed by atoms with Crippen molar-refractivity contribution in [3.8, 4) is 11.5 Å². The third-order valence-electron chi connectivity index (χ3n) is 3.87. The van der Waals surface area contributed by atoms with Gasteiger partial charge in [-0.15, -0.1) is 0 Å². The van der Waals surface area contributed by atoms with Gasteiger partial charge in [0.1, 0.15) is 18.1 Å². The molecule has 0 bridgehead atoms. The van der Waals surface area contributed by atoms with Crippen LogP contribution in [0.25, 0.3) is 10.8 Å². The van der Waals surface area contributed by atoms with E-state index in [0.29, 0.717) is 12.6 Å². The molecule has 0 atom stereocenters. The minimum Gasteiger partial charge on any atom is -0.508 e. The van der Waals surface area contributed by atoms with E-state index in [1.807, 2.05) is 36.8 Å². The number of rotatable bonds is 4. The van der Waals surface area contributed by atoms with E-state index in [1.165, 1.54) is 12.8 Å². The monoisotopic (exact) mass is 280 g/mol. The molecule has 0 amide bonds. The van der Waals surface area contributed by atoms with Gasteiger partial charge in [-0.25, -0.2) is 4.98 Å². The van der Waals surface area contributed by atoms with Gasteiger partial charge >= 0.3 is 0 Å². The maximum absolute atomic E-state index is 9.55. The Balaban J connectivity index is 1.55. The lowest BCUT2D eigenvalue weighted by Gasteiger charge is -2.09. The minimum absolute atomic E-state index is 0.270. The van der Waals surface area contributed by atoms with Crippen molar-refractivity contribution in [1.29, 1.82) is 0 Å². The van der Waals surface area contributed by atoms with E-state index >= 15 is 0 Å². The number of phenolic OH excluding ortho intramolecular Hbond substituents is 1. The van der Waals surface area contributed by atoms with Crippen molar-refractivity contribution in [3.63, 3.8) is 0 Å². The van der Waals surface area contributed by atoms with Crippen LogP contribution in [0.5, 0.6) is 11.5 Å². The van der Waals surface area contributed by atoms with Gasteiger partial charge in [-0.1, -0.05) is 12.1 Å². The summed E-state index contributed by atoms with van der Waals surface area (Å²) >= 11 is 0. The summed E-state index contributed by atoms with van der Waals surface area (Å²) in [5.41, 5.74) is 1.11. The van der Waals surface area contributed by atoms with Gasteiger partial charge in [0.15, 0.2) is 0 Å². The first-order valence-electron chi connectivity index (χ1n) is 7.16. The number of ether oxygens (including phenoxy) is 1. The Morgan fingerprint density at radius 1 is 1.14 bits per heavy atom. The third kappa shape index (κ3) is 2.44. The largest absolute Gasteiger partial charge is 0.508 e. The lowest BCUT2D eigenvalue weighted by Crippen LogP contribution is -2.03. The molecule has 21 heavy (non-hydrogen) atoms. The fourth-order valence-corrected chi connectivity index (χ4v) is 2.58. The molecule has 4 heteroatoms. The molecule has 0 aliphatic heterocycles. The Kier molecular flexibility index (Phi) is 2.81. The molecule has 2 aromatic carbocycles. The van der Waals surface area contributed by atoms with E-state index in [4.69, 9.17) is 4.74 Å². The highest BCUT2D eigenvalue weighted by molar-refractivity contribution is 5.85. The Morgan fingerprint density at radius 3 is 2.86 bits per heavy atom. The highest BCUT2D eigenvalue weighted by atomic mass is 16.5. The van der Waals surface area contributed by atoms with Crippen LogP contribution in [-0.2, 0) is 6.61 Å². The first-order chi connectivity index (χ1) is 10.3. The van der Waals surface area contributed by atoms with E-state index < -0.39 is 0 Å². The quantitative estimate of drug-likeness (QED) is 0.793. The molecule has 0 radical (unpaired) electrons. The molecule has 0 saturated heterocycles. The van der Waals surface area contributed by atoms with Crippen molar-refractivity contribution in [2.24, 2.45) is 0 Å². The van der Waals surface area contributed by atoms with Crippen molar-refractivity contribution in [2.45, 2.75) is 25.5 Å². The second kappa shape index (κ2) is 4.81. The van der Waals surface area contributed by atoms with E-state index in [9.17, 15) is 5.11 Å². The topological polar surface area (TPSA) is 47.3 Å². The number of imidazole rings is 1. The second-order valence-corrected chi connectivity index (χ2v) is 5.51. The molecular weight excluding hydrogens is 264 g/mol. The summed E-state index contributed by atoms with van der Waals surface area (Å²) < 4.78 is 8.08. The molecule has 1 N–H and O–H groups in total. The van der Waals surface area contributed by atoms with Gasteiger partial charge in [-0.3, -0.25) is 0 Å². The standard InChI is InChI=1S/C17H16N2O2/c20-16-5-1-12-2-6-17(8-13(12)7-16)21-10-15-9-18-11-19(15)14-3-4-14/h1-2,5-9,11,14,20H,3-4,10H2. The van der Waals surface area contributed by atoms with Gasteiger partial charge in [0.2, 0.25) is 0 Å². The van der Waals surface area contributed by atoms with Gasteiger partial charge < -0.3 is 14.4 Å². The molecule has 1 aromatic heterocycles. The molecule has 4 nitrogen and oxygen atoms in total. The molecule has 1 aliphatic rings. The zero-order valence-corrected chi connectivity index (χ0v) is 11.6. The number of hydrogen-bond acceptors (Lipinski definition) is 3. The van der Waals surface area contributed by atoms with E-state index in [-0.39, 0.29) is 5.75 Å². The molecule has 1 fully saturated rings.